The van der Waals surface area contributed by atoms with Gasteiger partial charge in [0.05, 0.1) is 17.8 Å². The molecule has 2 amide bonds. The number of ether oxygens (including phenoxy) is 1. The minimum atomic E-state index is -0.295. The van der Waals surface area contributed by atoms with Crippen LogP contribution >= 0.6 is 11.6 Å². The molecule has 5 nitrogen and oxygen atoms in total. The number of halogens is 1. The Morgan fingerprint density at radius 3 is 2.42 bits per heavy atom. The van der Waals surface area contributed by atoms with Gasteiger partial charge in [0.1, 0.15) is 5.75 Å². The minimum absolute atomic E-state index is 0.0766. The molecular formula is C18H19ClN2O3. The van der Waals surface area contributed by atoms with Crippen molar-refractivity contribution in [1.82, 2.24) is 0 Å². The van der Waals surface area contributed by atoms with Gasteiger partial charge in [0.25, 0.3) is 5.91 Å². The third-order valence-corrected chi connectivity index (χ3v) is 3.66. The Hall–Kier alpha value is -2.53. The van der Waals surface area contributed by atoms with Crippen LogP contribution in [0.3, 0.4) is 0 Å². The Balaban J connectivity index is 2.12. The molecule has 2 aromatic carbocycles. The minimum Gasteiger partial charge on any atom is -0.497 e. The summed E-state index contributed by atoms with van der Waals surface area (Å²) in [4.78, 5) is 24.0. The molecule has 24 heavy (non-hydrogen) atoms. The lowest BCUT2D eigenvalue weighted by molar-refractivity contribution is -0.116. The van der Waals surface area contributed by atoms with Crippen molar-refractivity contribution in [3.05, 3.63) is 53.1 Å². The second-order valence-electron chi connectivity index (χ2n) is 5.18. The highest BCUT2D eigenvalue weighted by Gasteiger charge is 2.10. The van der Waals surface area contributed by atoms with Crippen LogP contribution in [-0.2, 0) is 4.79 Å². The Kier molecular flexibility index (Phi) is 6.21. The Morgan fingerprint density at radius 2 is 1.79 bits per heavy atom. The predicted octanol–water partition coefficient (Wildman–Crippen LogP) is 4.34. The summed E-state index contributed by atoms with van der Waals surface area (Å²) < 4.78 is 5.07. The number of amides is 2. The van der Waals surface area contributed by atoms with Crippen LogP contribution in [-0.4, -0.2) is 18.9 Å². The summed E-state index contributed by atoms with van der Waals surface area (Å²) in [6.45, 7) is 1.93. The molecule has 0 saturated carbocycles. The fourth-order valence-electron chi connectivity index (χ4n) is 2.09. The van der Waals surface area contributed by atoms with Crippen LogP contribution in [0, 0.1) is 0 Å². The second-order valence-corrected chi connectivity index (χ2v) is 5.58. The van der Waals surface area contributed by atoms with E-state index in [1.165, 1.54) is 0 Å². The molecule has 0 saturated heterocycles. The van der Waals surface area contributed by atoms with Crippen LogP contribution < -0.4 is 15.4 Å². The largest absolute Gasteiger partial charge is 0.497 e. The molecule has 0 radical (unpaired) electrons. The van der Waals surface area contributed by atoms with Gasteiger partial charge in [0, 0.05) is 17.7 Å². The molecule has 0 aromatic heterocycles. The van der Waals surface area contributed by atoms with Crippen LogP contribution in [0.2, 0.25) is 5.02 Å². The normalized spacial score (nSPS) is 10.1. The number of methoxy groups -OCH3 is 1. The molecule has 0 aliphatic rings. The van der Waals surface area contributed by atoms with Crippen molar-refractivity contribution < 1.29 is 14.3 Å². The van der Waals surface area contributed by atoms with E-state index in [2.05, 4.69) is 10.6 Å². The highest BCUT2D eigenvalue weighted by Crippen LogP contribution is 2.26. The van der Waals surface area contributed by atoms with Crippen molar-refractivity contribution in [3.8, 4) is 5.75 Å². The summed E-state index contributed by atoms with van der Waals surface area (Å²) in [6.07, 6.45) is 1.21. The quantitative estimate of drug-likeness (QED) is 0.817. The monoisotopic (exact) mass is 346 g/mol. The SMILES string of the molecule is CCCC(=O)Nc1ccc(Cl)c(NC(=O)c2ccc(OC)cc2)c1. The van der Waals surface area contributed by atoms with E-state index in [0.29, 0.717) is 34.1 Å². The maximum Gasteiger partial charge on any atom is 0.255 e. The number of anilines is 2. The van der Waals surface area contributed by atoms with Gasteiger partial charge in [-0.3, -0.25) is 9.59 Å². The Labute approximate surface area is 146 Å². The van der Waals surface area contributed by atoms with E-state index in [4.69, 9.17) is 16.3 Å². The van der Waals surface area contributed by atoms with E-state index >= 15 is 0 Å². The molecule has 0 atom stereocenters. The summed E-state index contributed by atoms with van der Waals surface area (Å²) in [7, 11) is 1.56. The standard InChI is InChI=1S/C18H19ClN2O3/c1-3-4-17(22)20-13-7-10-15(19)16(11-13)21-18(23)12-5-8-14(24-2)9-6-12/h5-11H,3-4H2,1-2H3,(H,20,22)(H,21,23). The first-order chi connectivity index (χ1) is 11.5. The highest BCUT2D eigenvalue weighted by molar-refractivity contribution is 6.34. The lowest BCUT2D eigenvalue weighted by Gasteiger charge is -2.11. The van der Waals surface area contributed by atoms with Crippen molar-refractivity contribution in [2.45, 2.75) is 19.8 Å². The fraction of sp³-hybridized carbons (Fsp3) is 0.222. The van der Waals surface area contributed by atoms with Gasteiger partial charge in [0.2, 0.25) is 5.91 Å². The van der Waals surface area contributed by atoms with Crippen LogP contribution in [0.5, 0.6) is 5.75 Å². The van der Waals surface area contributed by atoms with Crippen LogP contribution in [0.25, 0.3) is 0 Å². The topological polar surface area (TPSA) is 67.4 Å². The first kappa shape index (κ1) is 17.8. The molecular weight excluding hydrogens is 328 g/mol. The summed E-state index contributed by atoms with van der Waals surface area (Å²) in [6, 6.07) is 11.7. The number of carbonyl (C=O) groups excluding carboxylic acids is 2. The van der Waals surface area contributed by atoms with E-state index in [1.807, 2.05) is 6.92 Å². The Bertz CT molecular complexity index is 730. The van der Waals surface area contributed by atoms with Crippen molar-refractivity contribution in [1.29, 1.82) is 0 Å². The summed E-state index contributed by atoms with van der Waals surface area (Å²) in [5.41, 5.74) is 1.50. The van der Waals surface area contributed by atoms with E-state index in [9.17, 15) is 9.59 Å². The fourth-order valence-corrected chi connectivity index (χ4v) is 2.25. The van der Waals surface area contributed by atoms with E-state index < -0.39 is 0 Å². The van der Waals surface area contributed by atoms with E-state index in [0.717, 1.165) is 6.42 Å². The molecule has 0 aliphatic heterocycles. The van der Waals surface area contributed by atoms with E-state index in [-0.39, 0.29) is 11.8 Å². The van der Waals surface area contributed by atoms with Crippen LogP contribution in [0.4, 0.5) is 11.4 Å². The number of nitrogens with one attached hydrogen (secondary N) is 2. The third-order valence-electron chi connectivity index (χ3n) is 3.33. The number of hydrogen-bond acceptors (Lipinski definition) is 3. The van der Waals surface area contributed by atoms with Gasteiger partial charge in [0.15, 0.2) is 0 Å². The van der Waals surface area contributed by atoms with E-state index in [1.54, 1.807) is 49.6 Å². The summed E-state index contributed by atoms with van der Waals surface area (Å²) >= 11 is 6.13. The molecule has 0 bridgehead atoms. The predicted molar refractivity (Wildman–Crippen MR) is 95.9 cm³/mol. The Morgan fingerprint density at radius 1 is 1.08 bits per heavy atom. The summed E-state index contributed by atoms with van der Waals surface area (Å²) in [5, 5.41) is 5.91. The lowest BCUT2D eigenvalue weighted by Crippen LogP contribution is -2.14. The van der Waals surface area contributed by atoms with Crippen LogP contribution in [0.1, 0.15) is 30.1 Å². The van der Waals surface area contributed by atoms with Gasteiger partial charge in [-0.2, -0.15) is 0 Å². The zero-order valence-electron chi connectivity index (χ0n) is 13.6. The first-order valence-corrected chi connectivity index (χ1v) is 7.96. The van der Waals surface area contributed by atoms with Gasteiger partial charge in [-0.15, -0.1) is 0 Å². The maximum atomic E-state index is 12.3. The zero-order chi connectivity index (χ0) is 17.5. The number of rotatable bonds is 6. The third kappa shape index (κ3) is 4.73. The second kappa shape index (κ2) is 8.36. The molecule has 0 unspecified atom stereocenters. The summed E-state index contributed by atoms with van der Waals surface area (Å²) in [5.74, 6) is 0.300. The van der Waals surface area contributed by atoms with Crippen molar-refractivity contribution in [3.63, 3.8) is 0 Å². The van der Waals surface area contributed by atoms with Gasteiger partial charge in [-0.05, 0) is 48.9 Å². The highest BCUT2D eigenvalue weighted by atomic mass is 35.5. The number of hydrogen-bond donors (Lipinski definition) is 2. The van der Waals surface area contributed by atoms with Gasteiger partial charge in [-0.1, -0.05) is 18.5 Å². The molecule has 0 aliphatic carbocycles. The number of carbonyl (C=O) groups is 2. The molecule has 126 valence electrons. The number of benzene rings is 2. The van der Waals surface area contributed by atoms with Gasteiger partial charge >= 0.3 is 0 Å². The molecule has 2 aromatic rings. The molecule has 0 fully saturated rings. The van der Waals surface area contributed by atoms with Gasteiger partial charge < -0.3 is 15.4 Å². The molecule has 0 spiro atoms. The lowest BCUT2D eigenvalue weighted by atomic mass is 10.2. The average molecular weight is 347 g/mol. The molecule has 0 heterocycles. The van der Waals surface area contributed by atoms with Crippen molar-refractivity contribution in [2.24, 2.45) is 0 Å². The van der Waals surface area contributed by atoms with Crippen LogP contribution in [0.15, 0.2) is 42.5 Å². The average Bonchev–Trinajstić information content (AvgIpc) is 2.58. The molecule has 6 heteroatoms. The van der Waals surface area contributed by atoms with Gasteiger partial charge in [-0.25, -0.2) is 0 Å². The smallest absolute Gasteiger partial charge is 0.255 e. The maximum absolute atomic E-state index is 12.3. The molecule has 2 rings (SSSR count). The van der Waals surface area contributed by atoms with Crippen molar-refractivity contribution >= 4 is 34.8 Å². The zero-order valence-corrected chi connectivity index (χ0v) is 14.3. The van der Waals surface area contributed by atoms with Crippen molar-refractivity contribution in [2.75, 3.05) is 17.7 Å². The molecule has 2 N–H and O–H groups in total. The first-order valence-electron chi connectivity index (χ1n) is 7.58.